The van der Waals surface area contributed by atoms with Crippen molar-refractivity contribution in [2.75, 3.05) is 24.5 Å². The van der Waals surface area contributed by atoms with Gasteiger partial charge in [0, 0.05) is 37.5 Å². The normalized spacial score (nSPS) is 14.8. The molecule has 1 N–H and O–H groups in total. The number of amides is 1. The van der Waals surface area contributed by atoms with E-state index in [0.29, 0.717) is 5.92 Å². The monoisotopic (exact) mass is 448 g/mol. The molecule has 1 fully saturated rings. The molecule has 1 aromatic carbocycles. The molecule has 0 spiro atoms. The van der Waals surface area contributed by atoms with Crippen LogP contribution in [0.3, 0.4) is 0 Å². The molecule has 7 heteroatoms. The van der Waals surface area contributed by atoms with Crippen LogP contribution in [-0.4, -0.2) is 35.5 Å². The number of aromatic nitrogens is 2. The molecule has 1 aliphatic heterocycles. The van der Waals surface area contributed by atoms with Gasteiger partial charge >= 0.3 is 0 Å². The fourth-order valence-corrected chi connectivity index (χ4v) is 5.73. The van der Waals surface area contributed by atoms with E-state index in [9.17, 15) is 4.79 Å². The number of carbonyl (C=O) groups is 1. The van der Waals surface area contributed by atoms with Gasteiger partial charge in [-0.05, 0) is 35.8 Å². The van der Waals surface area contributed by atoms with Crippen LogP contribution in [0, 0.1) is 5.92 Å². The van der Waals surface area contributed by atoms with E-state index in [1.807, 2.05) is 12.1 Å². The van der Waals surface area contributed by atoms with Crippen LogP contribution in [0.4, 0.5) is 5.82 Å². The Morgan fingerprint density at radius 1 is 1.10 bits per heavy atom. The molecule has 1 amide bonds. The maximum Gasteiger partial charge on any atom is 0.216 e. The van der Waals surface area contributed by atoms with Crippen molar-refractivity contribution in [3.8, 4) is 21.8 Å². The molecule has 0 bridgehead atoms. The summed E-state index contributed by atoms with van der Waals surface area (Å²) in [7, 11) is 0. The topological polar surface area (TPSA) is 58.1 Å². The van der Waals surface area contributed by atoms with Crippen LogP contribution in [0.2, 0.25) is 0 Å². The molecule has 0 aliphatic carbocycles. The molecular formula is C24H24N4OS2. The molecule has 3 aromatic heterocycles. The standard InChI is InChI=1S/C24H24N4OS2/c1-16(29)25-14-17-9-11-28(12-10-17)23-21-19(18-6-3-2-4-7-18)15-31-24(21)27-22(26-23)20-8-5-13-30-20/h2-8,13,15,17H,9-12,14H2,1H3,(H,25,29). The summed E-state index contributed by atoms with van der Waals surface area (Å²) in [5, 5.41) is 8.40. The van der Waals surface area contributed by atoms with Crippen molar-refractivity contribution >= 4 is 44.6 Å². The quantitative estimate of drug-likeness (QED) is 0.442. The zero-order chi connectivity index (χ0) is 21.2. The third-order valence-electron chi connectivity index (χ3n) is 5.79. The second kappa shape index (κ2) is 8.77. The molecule has 0 radical (unpaired) electrons. The highest BCUT2D eigenvalue weighted by Crippen LogP contribution is 2.40. The fourth-order valence-electron chi connectivity index (χ4n) is 4.14. The first kappa shape index (κ1) is 20.2. The summed E-state index contributed by atoms with van der Waals surface area (Å²) in [5.41, 5.74) is 2.40. The second-order valence-corrected chi connectivity index (χ2v) is 9.72. The Morgan fingerprint density at radius 3 is 2.61 bits per heavy atom. The van der Waals surface area contributed by atoms with Gasteiger partial charge < -0.3 is 10.2 Å². The van der Waals surface area contributed by atoms with Crippen molar-refractivity contribution < 1.29 is 4.79 Å². The van der Waals surface area contributed by atoms with Crippen molar-refractivity contribution in [1.82, 2.24) is 15.3 Å². The number of nitrogens with zero attached hydrogens (tertiary/aromatic N) is 3. The van der Waals surface area contributed by atoms with E-state index in [1.54, 1.807) is 29.6 Å². The number of hydrogen-bond acceptors (Lipinski definition) is 6. The molecule has 5 rings (SSSR count). The van der Waals surface area contributed by atoms with Crippen LogP contribution in [-0.2, 0) is 4.79 Å². The first-order valence-electron chi connectivity index (χ1n) is 10.6. The minimum absolute atomic E-state index is 0.0475. The summed E-state index contributed by atoms with van der Waals surface area (Å²) in [6.07, 6.45) is 2.09. The van der Waals surface area contributed by atoms with E-state index < -0.39 is 0 Å². The number of benzene rings is 1. The van der Waals surface area contributed by atoms with Crippen molar-refractivity contribution in [1.29, 1.82) is 0 Å². The lowest BCUT2D eigenvalue weighted by Crippen LogP contribution is -2.38. The largest absolute Gasteiger partial charge is 0.356 e. The van der Waals surface area contributed by atoms with Gasteiger partial charge in [-0.2, -0.15) is 0 Å². The van der Waals surface area contributed by atoms with Crippen molar-refractivity contribution in [3.05, 3.63) is 53.2 Å². The van der Waals surface area contributed by atoms with Gasteiger partial charge in [0.15, 0.2) is 5.82 Å². The number of hydrogen-bond donors (Lipinski definition) is 1. The van der Waals surface area contributed by atoms with Crippen LogP contribution >= 0.6 is 22.7 Å². The minimum Gasteiger partial charge on any atom is -0.356 e. The van der Waals surface area contributed by atoms with Crippen LogP contribution in [0.15, 0.2) is 53.2 Å². The van der Waals surface area contributed by atoms with E-state index in [1.165, 1.54) is 11.1 Å². The number of carbonyl (C=O) groups excluding carboxylic acids is 1. The van der Waals surface area contributed by atoms with E-state index >= 15 is 0 Å². The van der Waals surface area contributed by atoms with Crippen molar-refractivity contribution in [2.45, 2.75) is 19.8 Å². The number of nitrogens with one attached hydrogen (secondary N) is 1. The average Bonchev–Trinajstić information content (AvgIpc) is 3.48. The number of thiophene rings is 2. The highest BCUT2D eigenvalue weighted by atomic mass is 32.1. The number of fused-ring (bicyclic) bond motifs is 1. The van der Waals surface area contributed by atoms with Crippen molar-refractivity contribution in [3.63, 3.8) is 0 Å². The van der Waals surface area contributed by atoms with Gasteiger partial charge in [0.25, 0.3) is 0 Å². The second-order valence-electron chi connectivity index (χ2n) is 7.91. The SMILES string of the molecule is CC(=O)NCC1CCN(c2nc(-c3cccs3)nc3scc(-c4ccccc4)c23)CC1. The third kappa shape index (κ3) is 4.20. The highest BCUT2D eigenvalue weighted by molar-refractivity contribution is 7.17. The Kier molecular flexibility index (Phi) is 5.70. The van der Waals surface area contributed by atoms with E-state index in [4.69, 9.17) is 9.97 Å². The molecule has 0 unspecified atom stereocenters. The van der Waals surface area contributed by atoms with Gasteiger partial charge in [0.2, 0.25) is 5.91 Å². The minimum atomic E-state index is 0.0475. The predicted molar refractivity (Wildman–Crippen MR) is 130 cm³/mol. The summed E-state index contributed by atoms with van der Waals surface area (Å²) < 4.78 is 0. The van der Waals surface area contributed by atoms with Crippen molar-refractivity contribution in [2.24, 2.45) is 5.92 Å². The average molecular weight is 449 g/mol. The molecule has 5 nitrogen and oxygen atoms in total. The molecule has 1 saturated heterocycles. The summed E-state index contributed by atoms with van der Waals surface area (Å²) in [5.74, 6) is 2.41. The van der Waals surface area contributed by atoms with E-state index in [0.717, 1.165) is 59.2 Å². The summed E-state index contributed by atoms with van der Waals surface area (Å²) >= 11 is 3.36. The Hall–Kier alpha value is -2.77. The lowest BCUT2D eigenvalue weighted by atomic mass is 9.96. The summed E-state index contributed by atoms with van der Waals surface area (Å²) in [4.78, 5) is 25.8. The first-order valence-corrected chi connectivity index (χ1v) is 12.3. The van der Waals surface area contributed by atoms with Crippen LogP contribution in [0.1, 0.15) is 19.8 Å². The number of rotatable bonds is 5. The lowest BCUT2D eigenvalue weighted by molar-refractivity contribution is -0.119. The van der Waals surface area contributed by atoms with Gasteiger partial charge in [0.1, 0.15) is 10.6 Å². The third-order valence-corrected chi connectivity index (χ3v) is 7.53. The first-order chi connectivity index (χ1) is 15.2. The zero-order valence-electron chi connectivity index (χ0n) is 17.4. The van der Waals surface area contributed by atoms with E-state index in [2.05, 4.69) is 51.3 Å². The highest BCUT2D eigenvalue weighted by Gasteiger charge is 2.25. The molecule has 4 aromatic rings. The Labute approximate surface area is 189 Å². The summed E-state index contributed by atoms with van der Waals surface area (Å²) in [6, 6.07) is 14.6. The van der Waals surface area contributed by atoms with Crippen LogP contribution in [0.5, 0.6) is 0 Å². The Balaban J connectivity index is 1.53. The van der Waals surface area contributed by atoms with Gasteiger partial charge in [-0.25, -0.2) is 9.97 Å². The number of anilines is 1. The Bertz CT molecular complexity index is 1180. The molecule has 0 saturated carbocycles. The molecular weight excluding hydrogens is 424 g/mol. The Morgan fingerprint density at radius 2 is 1.90 bits per heavy atom. The molecule has 31 heavy (non-hydrogen) atoms. The van der Waals surface area contributed by atoms with Crippen LogP contribution in [0.25, 0.3) is 32.0 Å². The van der Waals surface area contributed by atoms with E-state index in [-0.39, 0.29) is 5.91 Å². The van der Waals surface area contributed by atoms with Crippen LogP contribution < -0.4 is 10.2 Å². The molecule has 4 heterocycles. The molecule has 0 atom stereocenters. The maximum atomic E-state index is 11.3. The maximum absolute atomic E-state index is 11.3. The summed E-state index contributed by atoms with van der Waals surface area (Å²) in [6.45, 7) is 4.21. The smallest absolute Gasteiger partial charge is 0.216 e. The number of piperidine rings is 1. The molecule has 158 valence electrons. The van der Waals surface area contributed by atoms with Gasteiger partial charge in [-0.3, -0.25) is 4.79 Å². The zero-order valence-corrected chi connectivity index (χ0v) is 19.0. The predicted octanol–water partition coefficient (Wildman–Crippen LogP) is 5.44. The van der Waals surface area contributed by atoms with Gasteiger partial charge in [-0.15, -0.1) is 22.7 Å². The fraction of sp³-hybridized carbons (Fsp3) is 0.292. The lowest BCUT2D eigenvalue weighted by Gasteiger charge is -2.33. The van der Waals surface area contributed by atoms with Gasteiger partial charge in [0.05, 0.1) is 10.3 Å². The molecule has 1 aliphatic rings. The van der Waals surface area contributed by atoms with Gasteiger partial charge in [-0.1, -0.05) is 36.4 Å².